The Balaban J connectivity index is 0.00000288. The van der Waals surface area contributed by atoms with E-state index in [9.17, 15) is 0 Å². The van der Waals surface area contributed by atoms with E-state index in [4.69, 9.17) is 5.41 Å². The second kappa shape index (κ2) is 9.00. The first-order chi connectivity index (χ1) is 11.0. The topological polar surface area (TPSA) is 27.1 Å². The summed E-state index contributed by atoms with van der Waals surface area (Å²) in [6.07, 6.45) is 0.752. The van der Waals surface area contributed by atoms with Crippen LogP contribution in [0.2, 0.25) is 0 Å². The lowest BCUT2D eigenvalue weighted by atomic mass is 9.62. The molecule has 0 fully saturated rings. The molecular formula is C21H29ClN2. The van der Waals surface area contributed by atoms with Crippen LogP contribution in [0.25, 0.3) is 0 Å². The molecule has 130 valence electrons. The minimum absolute atomic E-state index is 0. The van der Waals surface area contributed by atoms with Crippen LogP contribution in [-0.2, 0) is 5.41 Å². The first-order valence-corrected chi connectivity index (χ1v) is 8.37. The zero-order chi connectivity index (χ0) is 16.9. The molecule has 0 aliphatic heterocycles. The van der Waals surface area contributed by atoms with Gasteiger partial charge >= 0.3 is 0 Å². The molecule has 2 nitrogen and oxygen atoms in total. The van der Waals surface area contributed by atoms with Gasteiger partial charge in [0.25, 0.3) is 0 Å². The van der Waals surface area contributed by atoms with Gasteiger partial charge in [-0.25, -0.2) is 0 Å². The number of rotatable bonds is 7. The fraction of sp³-hybridized carbons (Fsp3) is 0.381. The van der Waals surface area contributed by atoms with Crippen LogP contribution in [0, 0.1) is 11.3 Å². The van der Waals surface area contributed by atoms with E-state index in [-0.39, 0.29) is 17.8 Å². The predicted molar refractivity (Wildman–Crippen MR) is 107 cm³/mol. The summed E-state index contributed by atoms with van der Waals surface area (Å²) in [5, 5.41) is 8.87. The second-order valence-corrected chi connectivity index (χ2v) is 6.54. The van der Waals surface area contributed by atoms with Gasteiger partial charge in [0, 0.05) is 12.3 Å². The van der Waals surface area contributed by atoms with Gasteiger partial charge in [0.1, 0.15) is 0 Å². The van der Waals surface area contributed by atoms with Crippen molar-refractivity contribution >= 4 is 18.1 Å². The first-order valence-electron chi connectivity index (χ1n) is 8.37. The second-order valence-electron chi connectivity index (χ2n) is 6.54. The van der Waals surface area contributed by atoms with Gasteiger partial charge in [-0.05, 0) is 37.6 Å². The van der Waals surface area contributed by atoms with E-state index >= 15 is 0 Å². The molecule has 0 bridgehead atoms. The van der Waals surface area contributed by atoms with Crippen LogP contribution in [0.5, 0.6) is 0 Å². The summed E-state index contributed by atoms with van der Waals surface area (Å²) in [5.41, 5.74) is 2.84. The Hall–Kier alpha value is -1.64. The summed E-state index contributed by atoms with van der Waals surface area (Å²) in [7, 11) is 4.21. The van der Waals surface area contributed by atoms with E-state index in [0.29, 0.717) is 5.92 Å². The smallest absolute Gasteiger partial charge is 0.0615 e. The third-order valence-electron chi connectivity index (χ3n) is 4.67. The van der Waals surface area contributed by atoms with Crippen LogP contribution < -0.4 is 0 Å². The zero-order valence-corrected chi connectivity index (χ0v) is 15.9. The average molecular weight is 345 g/mol. The van der Waals surface area contributed by atoms with E-state index in [1.807, 2.05) is 12.1 Å². The first kappa shape index (κ1) is 20.4. The van der Waals surface area contributed by atoms with Crippen molar-refractivity contribution in [1.82, 2.24) is 4.90 Å². The Bertz CT molecular complexity index is 583. The minimum Gasteiger partial charge on any atom is -0.309 e. The van der Waals surface area contributed by atoms with E-state index in [1.165, 1.54) is 11.1 Å². The summed E-state index contributed by atoms with van der Waals surface area (Å²) >= 11 is 0. The molecule has 0 aromatic heterocycles. The van der Waals surface area contributed by atoms with E-state index in [2.05, 4.69) is 81.4 Å². The Morgan fingerprint density at radius 1 is 0.958 bits per heavy atom. The van der Waals surface area contributed by atoms with E-state index < -0.39 is 0 Å². The van der Waals surface area contributed by atoms with Crippen molar-refractivity contribution in [3.05, 3.63) is 71.8 Å². The number of hydrogen-bond donors (Lipinski definition) is 1. The molecule has 0 saturated heterocycles. The van der Waals surface area contributed by atoms with Crippen molar-refractivity contribution in [2.24, 2.45) is 5.92 Å². The van der Waals surface area contributed by atoms with Crippen LogP contribution in [0.4, 0.5) is 0 Å². The van der Waals surface area contributed by atoms with Gasteiger partial charge < -0.3 is 10.3 Å². The highest BCUT2D eigenvalue weighted by Gasteiger charge is 2.42. The lowest BCUT2D eigenvalue weighted by Crippen LogP contribution is -2.46. The number of benzene rings is 2. The van der Waals surface area contributed by atoms with E-state index in [1.54, 1.807) is 0 Å². The number of hydrogen-bond acceptors (Lipinski definition) is 2. The molecule has 2 rings (SSSR count). The quantitative estimate of drug-likeness (QED) is 0.701. The molecule has 0 saturated carbocycles. The Labute approximate surface area is 152 Å². The molecule has 24 heavy (non-hydrogen) atoms. The summed E-state index contributed by atoms with van der Waals surface area (Å²) in [5.74, 6) is 0.301. The van der Waals surface area contributed by atoms with Crippen molar-refractivity contribution < 1.29 is 0 Å². The molecule has 0 aliphatic rings. The monoisotopic (exact) mass is 344 g/mol. The standard InChI is InChI=1S/C21H28N2.ClH/c1-5-20(22)21(17(2)16-23(3)4,18-12-8-6-9-13-18)19-14-10-7-11-15-19;/h6-15,17,22H,5,16H2,1-4H3;1H. The minimum atomic E-state index is -0.373. The van der Waals surface area contributed by atoms with Crippen molar-refractivity contribution in [3.63, 3.8) is 0 Å². The molecule has 2 aromatic carbocycles. The molecular weight excluding hydrogens is 316 g/mol. The fourth-order valence-electron chi connectivity index (χ4n) is 3.75. The molecule has 0 spiro atoms. The molecule has 0 amide bonds. The third-order valence-corrected chi connectivity index (χ3v) is 4.67. The molecule has 1 N–H and O–H groups in total. The van der Waals surface area contributed by atoms with Gasteiger partial charge in [0.15, 0.2) is 0 Å². The Kier molecular flexibility index (Phi) is 7.65. The maximum atomic E-state index is 8.87. The van der Waals surface area contributed by atoms with Gasteiger partial charge in [-0.1, -0.05) is 74.5 Å². The van der Waals surface area contributed by atoms with Crippen LogP contribution in [-0.4, -0.2) is 31.3 Å². The van der Waals surface area contributed by atoms with E-state index in [0.717, 1.165) is 18.7 Å². The largest absolute Gasteiger partial charge is 0.309 e. The number of halogens is 1. The highest BCUT2D eigenvalue weighted by molar-refractivity contribution is 5.96. The number of nitrogens with one attached hydrogen (secondary N) is 1. The molecule has 1 atom stereocenters. The maximum Gasteiger partial charge on any atom is 0.0615 e. The highest BCUT2D eigenvalue weighted by Crippen LogP contribution is 2.41. The van der Waals surface area contributed by atoms with Crippen LogP contribution >= 0.6 is 12.4 Å². The Morgan fingerprint density at radius 3 is 1.71 bits per heavy atom. The van der Waals surface area contributed by atoms with Crippen molar-refractivity contribution in [2.45, 2.75) is 25.7 Å². The normalized spacial score (nSPS) is 12.5. The average Bonchev–Trinajstić information content (AvgIpc) is 2.56. The Morgan fingerprint density at radius 2 is 1.38 bits per heavy atom. The summed E-state index contributed by atoms with van der Waals surface area (Å²) in [4.78, 5) is 2.22. The van der Waals surface area contributed by atoms with Crippen LogP contribution in [0.1, 0.15) is 31.4 Å². The molecule has 0 aliphatic carbocycles. The van der Waals surface area contributed by atoms with Gasteiger partial charge in [0.05, 0.1) is 5.41 Å². The fourth-order valence-corrected chi connectivity index (χ4v) is 3.75. The van der Waals surface area contributed by atoms with Crippen LogP contribution in [0.3, 0.4) is 0 Å². The SMILES string of the molecule is CCC(=N)C(c1ccccc1)(c1ccccc1)C(C)CN(C)C.Cl. The van der Waals surface area contributed by atoms with Gasteiger partial charge in [-0.15, -0.1) is 12.4 Å². The molecule has 0 heterocycles. The predicted octanol–water partition coefficient (Wildman–Crippen LogP) is 5.02. The zero-order valence-electron chi connectivity index (χ0n) is 15.1. The molecule has 2 aromatic rings. The van der Waals surface area contributed by atoms with Gasteiger partial charge in [-0.3, -0.25) is 0 Å². The molecule has 1 unspecified atom stereocenters. The third kappa shape index (κ3) is 3.88. The summed E-state index contributed by atoms with van der Waals surface area (Å²) in [6.45, 7) is 5.29. The molecule has 0 radical (unpaired) electrons. The number of nitrogens with zero attached hydrogens (tertiary/aromatic N) is 1. The lowest BCUT2D eigenvalue weighted by Gasteiger charge is -2.42. The summed E-state index contributed by atoms with van der Waals surface area (Å²) < 4.78 is 0. The van der Waals surface area contributed by atoms with Gasteiger partial charge in [0.2, 0.25) is 0 Å². The van der Waals surface area contributed by atoms with Crippen LogP contribution in [0.15, 0.2) is 60.7 Å². The van der Waals surface area contributed by atoms with Crippen molar-refractivity contribution in [2.75, 3.05) is 20.6 Å². The highest BCUT2D eigenvalue weighted by atomic mass is 35.5. The maximum absolute atomic E-state index is 8.87. The molecule has 3 heteroatoms. The van der Waals surface area contributed by atoms with Crippen molar-refractivity contribution in [1.29, 1.82) is 5.41 Å². The summed E-state index contributed by atoms with van der Waals surface area (Å²) in [6, 6.07) is 21.1. The van der Waals surface area contributed by atoms with Crippen molar-refractivity contribution in [3.8, 4) is 0 Å². The van der Waals surface area contributed by atoms with Gasteiger partial charge in [-0.2, -0.15) is 0 Å². The lowest BCUT2D eigenvalue weighted by molar-refractivity contribution is 0.294.